The van der Waals surface area contributed by atoms with Gasteiger partial charge in [-0.2, -0.15) is 11.8 Å². The number of rotatable bonds is 3. The zero-order valence-corrected chi connectivity index (χ0v) is 10.4. The lowest BCUT2D eigenvalue weighted by Crippen LogP contribution is -2.23. The van der Waals surface area contributed by atoms with Gasteiger partial charge in [0.05, 0.1) is 11.1 Å². The van der Waals surface area contributed by atoms with E-state index in [0.717, 1.165) is 17.9 Å². The molecule has 1 nitrogen and oxygen atoms in total. The summed E-state index contributed by atoms with van der Waals surface area (Å²) in [6, 6.07) is 4.93. The Hall–Kier alpha value is -0.250. The molecule has 0 saturated carbocycles. The van der Waals surface area contributed by atoms with Crippen LogP contribution in [0.2, 0.25) is 5.02 Å². The molecule has 88 valence electrons. The van der Waals surface area contributed by atoms with Gasteiger partial charge in [0, 0.05) is 6.42 Å². The number of halogens is 2. The Balaban J connectivity index is 2.05. The number of hydrogen-bond donors (Lipinski definition) is 1. The minimum atomic E-state index is -0.456. The Morgan fingerprint density at radius 1 is 1.56 bits per heavy atom. The van der Waals surface area contributed by atoms with Gasteiger partial charge in [-0.15, -0.1) is 0 Å². The molecule has 16 heavy (non-hydrogen) atoms. The van der Waals surface area contributed by atoms with Crippen LogP contribution in [0.1, 0.15) is 12.0 Å². The SMILES string of the molecule is OC(Cc1cccc(Cl)c1F)C1CCSC1. The highest BCUT2D eigenvalue weighted by Crippen LogP contribution is 2.28. The van der Waals surface area contributed by atoms with Gasteiger partial charge >= 0.3 is 0 Å². The van der Waals surface area contributed by atoms with E-state index in [2.05, 4.69) is 0 Å². The Kier molecular flexibility index (Phi) is 4.11. The summed E-state index contributed by atoms with van der Waals surface area (Å²) in [6.45, 7) is 0. The van der Waals surface area contributed by atoms with E-state index in [0.29, 0.717) is 17.9 Å². The first-order valence-corrected chi connectivity index (χ1v) is 6.90. The topological polar surface area (TPSA) is 20.2 Å². The summed E-state index contributed by atoms with van der Waals surface area (Å²) in [6.07, 6.45) is 0.925. The fraction of sp³-hybridized carbons (Fsp3) is 0.500. The number of aliphatic hydroxyl groups is 1. The third-order valence-electron chi connectivity index (χ3n) is 2.97. The maximum absolute atomic E-state index is 13.6. The second-order valence-corrected chi connectivity index (χ2v) is 5.67. The molecule has 1 aliphatic heterocycles. The third kappa shape index (κ3) is 2.70. The Labute approximate surface area is 104 Å². The van der Waals surface area contributed by atoms with Crippen molar-refractivity contribution in [2.45, 2.75) is 18.9 Å². The van der Waals surface area contributed by atoms with E-state index in [9.17, 15) is 9.50 Å². The van der Waals surface area contributed by atoms with Crippen molar-refractivity contribution in [1.82, 2.24) is 0 Å². The van der Waals surface area contributed by atoms with E-state index in [1.165, 1.54) is 6.07 Å². The van der Waals surface area contributed by atoms with Crippen LogP contribution in [0.15, 0.2) is 18.2 Å². The first-order chi connectivity index (χ1) is 7.68. The Morgan fingerprint density at radius 2 is 2.38 bits per heavy atom. The molecule has 0 bridgehead atoms. The number of thioether (sulfide) groups is 1. The van der Waals surface area contributed by atoms with Gasteiger partial charge in [0.2, 0.25) is 0 Å². The predicted octanol–water partition coefficient (Wildman–Crippen LogP) is 3.14. The highest BCUT2D eigenvalue weighted by atomic mass is 35.5. The van der Waals surface area contributed by atoms with Gasteiger partial charge in [-0.05, 0) is 35.5 Å². The molecule has 0 radical (unpaired) electrons. The van der Waals surface area contributed by atoms with Gasteiger partial charge in [-0.25, -0.2) is 4.39 Å². The maximum atomic E-state index is 13.6. The van der Waals surface area contributed by atoms with Crippen LogP contribution in [0.4, 0.5) is 4.39 Å². The maximum Gasteiger partial charge on any atom is 0.145 e. The lowest BCUT2D eigenvalue weighted by atomic mass is 9.95. The quantitative estimate of drug-likeness (QED) is 0.901. The molecule has 0 aromatic heterocycles. The van der Waals surface area contributed by atoms with Gasteiger partial charge in [-0.3, -0.25) is 0 Å². The number of hydrogen-bond acceptors (Lipinski definition) is 2. The fourth-order valence-electron chi connectivity index (χ4n) is 1.95. The van der Waals surface area contributed by atoms with E-state index >= 15 is 0 Å². The van der Waals surface area contributed by atoms with E-state index < -0.39 is 11.9 Å². The summed E-state index contributed by atoms with van der Waals surface area (Å²) in [5.74, 6) is 1.97. The summed E-state index contributed by atoms with van der Waals surface area (Å²) in [5.41, 5.74) is 0.511. The van der Waals surface area contributed by atoms with Crippen LogP contribution in [-0.4, -0.2) is 22.7 Å². The smallest absolute Gasteiger partial charge is 0.145 e. The Morgan fingerprint density at radius 3 is 3.06 bits per heavy atom. The van der Waals surface area contributed by atoms with E-state index in [1.54, 1.807) is 12.1 Å². The third-order valence-corrected chi connectivity index (χ3v) is 4.45. The largest absolute Gasteiger partial charge is 0.392 e. The molecule has 1 fully saturated rings. The lowest BCUT2D eigenvalue weighted by molar-refractivity contribution is 0.119. The molecule has 1 heterocycles. The molecule has 0 aliphatic carbocycles. The summed E-state index contributed by atoms with van der Waals surface area (Å²) < 4.78 is 13.6. The standard InChI is InChI=1S/C12H14ClFOS/c13-10-3-1-2-8(12(10)14)6-11(15)9-4-5-16-7-9/h1-3,9,11,15H,4-7H2. The van der Waals surface area contributed by atoms with Crippen LogP contribution in [0.5, 0.6) is 0 Å². The van der Waals surface area contributed by atoms with Gasteiger partial charge in [0.25, 0.3) is 0 Å². The summed E-state index contributed by atoms with van der Waals surface area (Å²) in [5, 5.41) is 10.1. The molecule has 1 saturated heterocycles. The van der Waals surface area contributed by atoms with E-state index in [-0.39, 0.29) is 5.02 Å². The van der Waals surface area contributed by atoms with Crippen molar-refractivity contribution < 1.29 is 9.50 Å². The molecule has 1 aliphatic rings. The second-order valence-electron chi connectivity index (χ2n) is 4.11. The summed E-state index contributed by atoms with van der Waals surface area (Å²) in [7, 11) is 0. The van der Waals surface area contributed by atoms with Crippen LogP contribution in [-0.2, 0) is 6.42 Å². The van der Waals surface area contributed by atoms with Crippen molar-refractivity contribution in [2.24, 2.45) is 5.92 Å². The van der Waals surface area contributed by atoms with Crippen molar-refractivity contribution in [3.63, 3.8) is 0 Å². The van der Waals surface area contributed by atoms with E-state index in [4.69, 9.17) is 11.6 Å². The van der Waals surface area contributed by atoms with Crippen molar-refractivity contribution in [1.29, 1.82) is 0 Å². The lowest BCUT2D eigenvalue weighted by Gasteiger charge is -2.17. The molecule has 0 amide bonds. The van der Waals surface area contributed by atoms with Crippen molar-refractivity contribution in [3.05, 3.63) is 34.6 Å². The van der Waals surface area contributed by atoms with Gasteiger partial charge in [0.15, 0.2) is 0 Å². The van der Waals surface area contributed by atoms with Crippen molar-refractivity contribution in [3.8, 4) is 0 Å². The minimum absolute atomic E-state index is 0.130. The van der Waals surface area contributed by atoms with Gasteiger partial charge in [-0.1, -0.05) is 23.7 Å². The molecule has 4 heteroatoms. The van der Waals surface area contributed by atoms with Crippen LogP contribution < -0.4 is 0 Å². The summed E-state index contributed by atoms with van der Waals surface area (Å²) >= 11 is 7.54. The predicted molar refractivity (Wildman–Crippen MR) is 66.6 cm³/mol. The first-order valence-electron chi connectivity index (χ1n) is 5.37. The van der Waals surface area contributed by atoms with Crippen LogP contribution in [0.3, 0.4) is 0 Å². The van der Waals surface area contributed by atoms with Crippen molar-refractivity contribution in [2.75, 3.05) is 11.5 Å². The monoisotopic (exact) mass is 260 g/mol. The number of aliphatic hydroxyl groups excluding tert-OH is 1. The molecule has 0 spiro atoms. The molecule has 1 aromatic carbocycles. The minimum Gasteiger partial charge on any atom is -0.392 e. The Bertz CT molecular complexity index is 366. The second kappa shape index (κ2) is 5.39. The zero-order valence-electron chi connectivity index (χ0n) is 8.83. The highest BCUT2D eigenvalue weighted by molar-refractivity contribution is 7.99. The average Bonchev–Trinajstić information content (AvgIpc) is 2.78. The van der Waals surface area contributed by atoms with Crippen LogP contribution in [0, 0.1) is 11.7 Å². The van der Waals surface area contributed by atoms with Crippen molar-refractivity contribution >= 4 is 23.4 Å². The highest BCUT2D eigenvalue weighted by Gasteiger charge is 2.24. The molecular weight excluding hydrogens is 247 g/mol. The fourth-order valence-corrected chi connectivity index (χ4v) is 3.48. The summed E-state index contributed by atoms with van der Waals surface area (Å²) in [4.78, 5) is 0. The normalized spacial score (nSPS) is 22.3. The van der Waals surface area contributed by atoms with Crippen LogP contribution >= 0.6 is 23.4 Å². The van der Waals surface area contributed by atoms with Crippen LogP contribution in [0.25, 0.3) is 0 Å². The van der Waals surface area contributed by atoms with E-state index in [1.807, 2.05) is 11.8 Å². The average molecular weight is 261 g/mol. The molecule has 1 N–H and O–H groups in total. The first kappa shape index (κ1) is 12.2. The number of benzene rings is 1. The van der Waals surface area contributed by atoms with Gasteiger partial charge in [0.1, 0.15) is 5.82 Å². The molecule has 2 unspecified atom stereocenters. The van der Waals surface area contributed by atoms with Gasteiger partial charge < -0.3 is 5.11 Å². The molecular formula is C12H14ClFOS. The molecule has 1 aromatic rings. The molecule has 2 rings (SSSR count). The molecule has 2 atom stereocenters. The zero-order chi connectivity index (χ0) is 11.5.